The first kappa shape index (κ1) is 13.2. The van der Waals surface area contributed by atoms with E-state index in [1.807, 2.05) is 20.0 Å². The second kappa shape index (κ2) is 5.59. The summed E-state index contributed by atoms with van der Waals surface area (Å²) in [5.74, 6) is 0.496. The monoisotopic (exact) mass is 280 g/mol. The molecule has 3 nitrogen and oxygen atoms in total. The van der Waals surface area contributed by atoms with Crippen LogP contribution in [-0.2, 0) is 7.05 Å². The zero-order chi connectivity index (χ0) is 13.1. The number of hydrogen-bond acceptors (Lipinski definition) is 3. The van der Waals surface area contributed by atoms with Crippen molar-refractivity contribution in [3.05, 3.63) is 46.6 Å². The summed E-state index contributed by atoms with van der Waals surface area (Å²) in [6.45, 7) is 1.94. The average molecular weight is 281 g/mol. The Bertz CT molecular complexity index is 563. The van der Waals surface area contributed by atoms with Gasteiger partial charge in [-0.25, -0.2) is 0 Å². The first-order chi connectivity index (χ1) is 8.56. The van der Waals surface area contributed by atoms with Crippen LogP contribution in [-0.4, -0.2) is 21.3 Å². The van der Waals surface area contributed by atoms with Crippen molar-refractivity contribution in [2.75, 3.05) is 5.75 Å². The fourth-order valence-corrected chi connectivity index (χ4v) is 2.63. The van der Waals surface area contributed by atoms with Gasteiger partial charge in [0.1, 0.15) is 0 Å². The van der Waals surface area contributed by atoms with E-state index >= 15 is 0 Å². The first-order valence-electron chi connectivity index (χ1n) is 5.48. The zero-order valence-electron chi connectivity index (χ0n) is 10.2. The van der Waals surface area contributed by atoms with E-state index in [2.05, 4.69) is 5.10 Å². The molecule has 0 aliphatic carbocycles. The molecule has 0 spiro atoms. The van der Waals surface area contributed by atoms with Gasteiger partial charge in [-0.1, -0.05) is 23.4 Å². The standard InChI is InChI=1S/C13H13ClN2OS/c1-9-7-13(16(2)15-9)18-8-12(17)10-3-5-11(14)6-4-10/h3-7H,8H2,1-2H3. The molecule has 0 radical (unpaired) electrons. The van der Waals surface area contributed by atoms with Gasteiger partial charge in [0.25, 0.3) is 0 Å². The van der Waals surface area contributed by atoms with Crippen molar-refractivity contribution in [3.63, 3.8) is 0 Å². The molecule has 0 saturated carbocycles. The molecule has 94 valence electrons. The molecule has 0 aliphatic rings. The number of hydrogen-bond donors (Lipinski definition) is 0. The lowest BCUT2D eigenvalue weighted by molar-refractivity contribution is 0.102. The van der Waals surface area contributed by atoms with Crippen molar-refractivity contribution in [2.24, 2.45) is 7.05 Å². The minimum absolute atomic E-state index is 0.0931. The normalized spacial score (nSPS) is 10.6. The van der Waals surface area contributed by atoms with Gasteiger partial charge < -0.3 is 0 Å². The van der Waals surface area contributed by atoms with Gasteiger partial charge in [0.15, 0.2) is 5.78 Å². The van der Waals surface area contributed by atoms with Crippen molar-refractivity contribution >= 4 is 29.1 Å². The molecule has 0 saturated heterocycles. The van der Waals surface area contributed by atoms with E-state index in [1.165, 1.54) is 11.8 Å². The van der Waals surface area contributed by atoms with E-state index in [1.54, 1.807) is 28.9 Å². The number of nitrogens with zero attached hydrogens (tertiary/aromatic N) is 2. The van der Waals surface area contributed by atoms with Crippen LogP contribution in [0.25, 0.3) is 0 Å². The summed E-state index contributed by atoms with van der Waals surface area (Å²) in [4.78, 5) is 12.0. The van der Waals surface area contributed by atoms with Gasteiger partial charge in [-0.3, -0.25) is 9.48 Å². The van der Waals surface area contributed by atoms with Crippen LogP contribution in [0.15, 0.2) is 35.4 Å². The van der Waals surface area contributed by atoms with Gasteiger partial charge in [0, 0.05) is 17.6 Å². The summed E-state index contributed by atoms with van der Waals surface area (Å²) >= 11 is 7.28. The Morgan fingerprint density at radius 1 is 1.39 bits per heavy atom. The van der Waals surface area contributed by atoms with Crippen LogP contribution in [0.1, 0.15) is 16.1 Å². The Morgan fingerprint density at radius 2 is 2.06 bits per heavy atom. The summed E-state index contributed by atoms with van der Waals surface area (Å²) in [5.41, 5.74) is 1.64. The summed E-state index contributed by atoms with van der Waals surface area (Å²) < 4.78 is 1.79. The number of aromatic nitrogens is 2. The van der Waals surface area contributed by atoms with E-state index in [-0.39, 0.29) is 5.78 Å². The molecule has 0 unspecified atom stereocenters. The molecule has 1 aromatic carbocycles. The number of benzene rings is 1. The molecule has 0 aliphatic heterocycles. The van der Waals surface area contributed by atoms with Crippen LogP contribution in [0.3, 0.4) is 0 Å². The van der Waals surface area contributed by atoms with Crippen LogP contribution in [0, 0.1) is 6.92 Å². The maximum Gasteiger partial charge on any atom is 0.173 e. The van der Waals surface area contributed by atoms with Gasteiger partial charge in [-0.15, -0.1) is 0 Å². The summed E-state index contributed by atoms with van der Waals surface area (Å²) in [7, 11) is 1.88. The maximum absolute atomic E-state index is 12.0. The smallest absolute Gasteiger partial charge is 0.173 e. The van der Waals surface area contributed by atoms with Gasteiger partial charge in [-0.2, -0.15) is 5.10 Å². The van der Waals surface area contributed by atoms with Gasteiger partial charge in [0.05, 0.1) is 16.5 Å². The number of halogens is 1. The largest absolute Gasteiger partial charge is 0.293 e. The van der Waals surface area contributed by atoms with Crippen LogP contribution < -0.4 is 0 Å². The molecule has 2 rings (SSSR count). The average Bonchev–Trinajstić information content (AvgIpc) is 2.66. The minimum atomic E-state index is 0.0931. The molecule has 0 atom stereocenters. The fraction of sp³-hybridized carbons (Fsp3) is 0.231. The molecule has 0 N–H and O–H groups in total. The topological polar surface area (TPSA) is 34.9 Å². The summed E-state index contributed by atoms with van der Waals surface area (Å²) in [5, 5.41) is 5.88. The molecule has 2 aromatic rings. The van der Waals surface area contributed by atoms with Crippen molar-refractivity contribution in [2.45, 2.75) is 11.9 Å². The number of aryl methyl sites for hydroxylation is 2. The Hall–Kier alpha value is -1.26. The Morgan fingerprint density at radius 3 is 2.61 bits per heavy atom. The highest BCUT2D eigenvalue weighted by atomic mass is 35.5. The van der Waals surface area contributed by atoms with E-state index in [9.17, 15) is 4.79 Å². The third kappa shape index (κ3) is 3.15. The third-order valence-corrected chi connectivity index (χ3v) is 3.81. The number of carbonyl (C=O) groups excluding carboxylic acids is 1. The number of carbonyl (C=O) groups is 1. The van der Waals surface area contributed by atoms with Gasteiger partial charge in [0.2, 0.25) is 0 Å². The molecule has 0 bridgehead atoms. The maximum atomic E-state index is 12.0. The molecule has 1 aromatic heterocycles. The van der Waals surface area contributed by atoms with E-state index in [0.717, 1.165) is 10.7 Å². The SMILES string of the molecule is Cc1cc(SCC(=O)c2ccc(Cl)cc2)n(C)n1. The minimum Gasteiger partial charge on any atom is -0.293 e. The van der Waals surface area contributed by atoms with Crippen LogP contribution in [0.2, 0.25) is 5.02 Å². The highest BCUT2D eigenvalue weighted by Crippen LogP contribution is 2.20. The van der Waals surface area contributed by atoms with Crippen molar-refractivity contribution in [1.29, 1.82) is 0 Å². The highest BCUT2D eigenvalue weighted by Gasteiger charge is 2.09. The Kier molecular flexibility index (Phi) is 4.09. The van der Waals surface area contributed by atoms with Crippen LogP contribution in [0.5, 0.6) is 0 Å². The predicted molar refractivity (Wildman–Crippen MR) is 74.5 cm³/mol. The molecular formula is C13H13ClN2OS. The first-order valence-corrected chi connectivity index (χ1v) is 6.85. The van der Waals surface area contributed by atoms with Crippen molar-refractivity contribution < 1.29 is 4.79 Å². The molecular weight excluding hydrogens is 268 g/mol. The van der Waals surface area contributed by atoms with Crippen molar-refractivity contribution in [3.8, 4) is 0 Å². The Balaban J connectivity index is 2.00. The summed E-state index contributed by atoms with van der Waals surface area (Å²) in [6, 6.07) is 8.93. The lowest BCUT2D eigenvalue weighted by atomic mass is 10.1. The molecule has 18 heavy (non-hydrogen) atoms. The summed E-state index contributed by atoms with van der Waals surface area (Å²) in [6.07, 6.45) is 0. The van der Waals surface area contributed by atoms with E-state index in [0.29, 0.717) is 16.3 Å². The lowest BCUT2D eigenvalue weighted by Crippen LogP contribution is -2.03. The number of Topliss-reactive ketones (excluding diaryl/α,β-unsaturated/α-hetero) is 1. The molecule has 0 fully saturated rings. The molecule has 1 heterocycles. The van der Waals surface area contributed by atoms with Gasteiger partial charge >= 0.3 is 0 Å². The second-order valence-corrected chi connectivity index (χ2v) is 5.40. The zero-order valence-corrected chi connectivity index (χ0v) is 11.8. The molecule has 0 amide bonds. The van der Waals surface area contributed by atoms with Crippen molar-refractivity contribution in [1.82, 2.24) is 9.78 Å². The number of rotatable bonds is 4. The van der Waals surface area contributed by atoms with Crippen LogP contribution >= 0.6 is 23.4 Å². The quantitative estimate of drug-likeness (QED) is 0.636. The third-order valence-electron chi connectivity index (χ3n) is 2.48. The lowest BCUT2D eigenvalue weighted by Gasteiger charge is -2.02. The van der Waals surface area contributed by atoms with E-state index < -0.39 is 0 Å². The van der Waals surface area contributed by atoms with Crippen LogP contribution in [0.4, 0.5) is 0 Å². The predicted octanol–water partition coefficient (Wildman–Crippen LogP) is 3.36. The second-order valence-electron chi connectivity index (χ2n) is 3.97. The number of thioether (sulfide) groups is 1. The Labute approximate surface area is 115 Å². The number of ketones is 1. The van der Waals surface area contributed by atoms with E-state index in [4.69, 9.17) is 11.6 Å². The molecule has 5 heteroatoms. The highest BCUT2D eigenvalue weighted by molar-refractivity contribution is 7.99. The van der Waals surface area contributed by atoms with Gasteiger partial charge in [-0.05, 0) is 37.3 Å². The fourth-order valence-electron chi connectivity index (χ4n) is 1.58.